The van der Waals surface area contributed by atoms with Gasteiger partial charge in [-0.25, -0.2) is 4.98 Å². The maximum atomic E-state index is 6.03. The number of nitrogens with two attached hydrogens (primary N) is 1. The number of fused-ring (bicyclic) bond motifs is 1. The van der Waals surface area contributed by atoms with Gasteiger partial charge >= 0.3 is 0 Å². The average molecular weight is 252 g/mol. The molecule has 0 amide bonds. The Hall–Kier alpha value is -1.22. The lowest BCUT2D eigenvalue weighted by atomic mass is 9.98. The molecule has 1 aromatic heterocycles. The van der Waals surface area contributed by atoms with Gasteiger partial charge in [-0.1, -0.05) is 24.9 Å². The Morgan fingerprint density at radius 3 is 2.76 bits per heavy atom. The maximum Gasteiger partial charge on any atom is 0.201 e. The molecule has 2 rings (SSSR count). The lowest BCUT2D eigenvalue weighted by Crippen LogP contribution is -2.27. The Labute approximate surface area is 107 Å². The monoisotopic (exact) mass is 251 g/mol. The Bertz CT molecular complexity index is 543. The molecule has 1 aromatic carbocycles. The molecule has 0 radical (unpaired) electrons. The van der Waals surface area contributed by atoms with Crippen molar-refractivity contribution in [1.29, 1.82) is 0 Å². The fourth-order valence-electron chi connectivity index (χ4n) is 2.43. The summed E-state index contributed by atoms with van der Waals surface area (Å²) in [4.78, 5) is 4.38. The third kappa shape index (κ3) is 2.12. The van der Waals surface area contributed by atoms with Crippen molar-refractivity contribution < 1.29 is 0 Å². The number of benzene rings is 1. The minimum Gasteiger partial charge on any atom is -0.369 e. The fraction of sp³-hybridized carbons (Fsp3) is 0.462. The van der Waals surface area contributed by atoms with Crippen LogP contribution in [0.25, 0.3) is 11.0 Å². The number of halogens is 1. The first-order valence-electron chi connectivity index (χ1n) is 5.89. The summed E-state index contributed by atoms with van der Waals surface area (Å²) in [5.74, 6) is 0.556. The van der Waals surface area contributed by atoms with E-state index in [1.165, 1.54) is 0 Å². The van der Waals surface area contributed by atoms with Crippen LogP contribution in [0, 0.1) is 0 Å². The van der Waals surface area contributed by atoms with Crippen LogP contribution < -0.4 is 5.73 Å². The first-order valence-corrected chi connectivity index (χ1v) is 6.27. The standard InChI is InChI=1S/C13H18ClN3/c1-4-7-13(2,3)17-11-6-5-9(14)8-10(11)16-12(17)15/h5-6,8H,4,7H2,1-3H3,(H2,15,16). The van der Waals surface area contributed by atoms with Crippen LogP contribution in [0.4, 0.5) is 5.95 Å². The minimum atomic E-state index is -0.0264. The van der Waals surface area contributed by atoms with E-state index in [9.17, 15) is 0 Å². The smallest absolute Gasteiger partial charge is 0.201 e. The van der Waals surface area contributed by atoms with Crippen LogP contribution in [0.15, 0.2) is 18.2 Å². The molecule has 0 saturated carbocycles. The molecule has 0 fully saturated rings. The molecular formula is C13H18ClN3. The van der Waals surface area contributed by atoms with Gasteiger partial charge in [0.05, 0.1) is 11.0 Å². The van der Waals surface area contributed by atoms with Crippen LogP contribution in [0.5, 0.6) is 0 Å². The normalized spacial score (nSPS) is 12.2. The minimum absolute atomic E-state index is 0.0264. The van der Waals surface area contributed by atoms with Crippen molar-refractivity contribution in [3.63, 3.8) is 0 Å². The van der Waals surface area contributed by atoms with Crippen molar-refractivity contribution in [3.05, 3.63) is 23.2 Å². The van der Waals surface area contributed by atoms with Crippen LogP contribution >= 0.6 is 11.6 Å². The lowest BCUT2D eigenvalue weighted by molar-refractivity contribution is 0.338. The molecule has 17 heavy (non-hydrogen) atoms. The second-order valence-electron chi connectivity index (χ2n) is 5.00. The zero-order valence-corrected chi connectivity index (χ0v) is 11.3. The molecule has 2 N–H and O–H groups in total. The molecule has 2 aromatic rings. The summed E-state index contributed by atoms with van der Waals surface area (Å²) in [6.07, 6.45) is 2.17. The highest BCUT2D eigenvalue weighted by Gasteiger charge is 2.24. The largest absolute Gasteiger partial charge is 0.369 e. The molecule has 4 heteroatoms. The number of rotatable bonds is 3. The molecule has 3 nitrogen and oxygen atoms in total. The molecule has 92 valence electrons. The highest BCUT2D eigenvalue weighted by Crippen LogP contribution is 2.31. The van der Waals surface area contributed by atoms with Gasteiger partial charge in [0.2, 0.25) is 5.95 Å². The second-order valence-corrected chi connectivity index (χ2v) is 5.44. The van der Waals surface area contributed by atoms with Gasteiger partial charge in [-0.3, -0.25) is 0 Å². The molecule has 0 spiro atoms. The summed E-state index contributed by atoms with van der Waals surface area (Å²) in [6, 6.07) is 5.72. The zero-order chi connectivity index (χ0) is 12.6. The predicted octanol–water partition coefficient (Wildman–Crippen LogP) is 3.81. The van der Waals surface area contributed by atoms with Crippen LogP contribution in [0.2, 0.25) is 5.02 Å². The summed E-state index contributed by atoms with van der Waals surface area (Å²) >= 11 is 5.97. The second kappa shape index (κ2) is 4.22. The van der Waals surface area contributed by atoms with Crippen molar-refractivity contribution in [1.82, 2.24) is 9.55 Å². The summed E-state index contributed by atoms with van der Waals surface area (Å²) in [6.45, 7) is 6.54. The van der Waals surface area contributed by atoms with Crippen LogP contribution in [0.3, 0.4) is 0 Å². The molecule has 0 aliphatic carbocycles. The van der Waals surface area contributed by atoms with E-state index < -0.39 is 0 Å². The number of nitrogen functional groups attached to an aromatic ring is 1. The molecule has 1 heterocycles. The third-order valence-corrected chi connectivity index (χ3v) is 3.34. The highest BCUT2D eigenvalue weighted by molar-refractivity contribution is 6.31. The first-order chi connectivity index (χ1) is 7.95. The van der Waals surface area contributed by atoms with Gasteiger partial charge in [-0.05, 0) is 38.5 Å². The van der Waals surface area contributed by atoms with E-state index in [0.29, 0.717) is 11.0 Å². The average Bonchev–Trinajstić information content (AvgIpc) is 2.53. The van der Waals surface area contributed by atoms with Gasteiger partial charge in [0, 0.05) is 10.6 Å². The number of imidazole rings is 1. The summed E-state index contributed by atoms with van der Waals surface area (Å²) in [5.41, 5.74) is 7.91. The van der Waals surface area contributed by atoms with E-state index in [1.54, 1.807) is 0 Å². The van der Waals surface area contributed by atoms with Gasteiger partial charge < -0.3 is 10.3 Å². The van der Waals surface area contributed by atoms with Crippen molar-refractivity contribution >= 4 is 28.6 Å². The Morgan fingerprint density at radius 1 is 1.41 bits per heavy atom. The van der Waals surface area contributed by atoms with Crippen LogP contribution in [-0.2, 0) is 5.54 Å². The molecule has 0 saturated heterocycles. The Balaban J connectivity index is 2.64. The summed E-state index contributed by atoms with van der Waals surface area (Å²) in [5, 5.41) is 0.690. The number of aromatic nitrogens is 2. The van der Waals surface area contributed by atoms with E-state index in [4.69, 9.17) is 17.3 Å². The van der Waals surface area contributed by atoms with Crippen molar-refractivity contribution in [3.8, 4) is 0 Å². The van der Waals surface area contributed by atoms with Gasteiger partial charge in [-0.2, -0.15) is 0 Å². The lowest BCUT2D eigenvalue weighted by Gasteiger charge is -2.28. The van der Waals surface area contributed by atoms with E-state index in [0.717, 1.165) is 23.9 Å². The van der Waals surface area contributed by atoms with Crippen LogP contribution in [-0.4, -0.2) is 9.55 Å². The van der Waals surface area contributed by atoms with E-state index in [2.05, 4.69) is 30.3 Å². The van der Waals surface area contributed by atoms with E-state index >= 15 is 0 Å². The highest BCUT2D eigenvalue weighted by atomic mass is 35.5. The van der Waals surface area contributed by atoms with Crippen molar-refractivity contribution in [2.75, 3.05) is 5.73 Å². The number of hydrogen-bond donors (Lipinski definition) is 1. The molecular weight excluding hydrogens is 234 g/mol. The van der Waals surface area contributed by atoms with Gasteiger partial charge in [0.15, 0.2) is 0 Å². The SMILES string of the molecule is CCCC(C)(C)n1c(N)nc2cc(Cl)ccc21. The predicted molar refractivity (Wildman–Crippen MR) is 73.4 cm³/mol. The summed E-state index contributed by atoms with van der Waals surface area (Å²) in [7, 11) is 0. The number of anilines is 1. The van der Waals surface area contributed by atoms with E-state index in [1.807, 2.05) is 18.2 Å². The molecule has 0 aliphatic rings. The van der Waals surface area contributed by atoms with Crippen LogP contribution in [0.1, 0.15) is 33.6 Å². The van der Waals surface area contributed by atoms with Crippen molar-refractivity contribution in [2.45, 2.75) is 39.2 Å². The number of hydrogen-bond acceptors (Lipinski definition) is 2. The Kier molecular flexibility index (Phi) is 3.04. The third-order valence-electron chi connectivity index (χ3n) is 3.11. The molecule has 0 atom stereocenters. The molecule has 0 bridgehead atoms. The van der Waals surface area contributed by atoms with Gasteiger partial charge in [0.25, 0.3) is 0 Å². The topological polar surface area (TPSA) is 43.8 Å². The maximum absolute atomic E-state index is 6.03. The van der Waals surface area contributed by atoms with Crippen molar-refractivity contribution in [2.24, 2.45) is 0 Å². The fourth-order valence-corrected chi connectivity index (χ4v) is 2.60. The van der Waals surface area contributed by atoms with Gasteiger partial charge in [0.1, 0.15) is 0 Å². The first kappa shape index (κ1) is 12.2. The van der Waals surface area contributed by atoms with Gasteiger partial charge in [-0.15, -0.1) is 0 Å². The molecule has 0 aliphatic heterocycles. The van der Waals surface area contributed by atoms with E-state index in [-0.39, 0.29) is 5.54 Å². The quantitative estimate of drug-likeness (QED) is 0.902. The zero-order valence-electron chi connectivity index (χ0n) is 10.5. The number of nitrogens with zero attached hydrogens (tertiary/aromatic N) is 2. The summed E-state index contributed by atoms with van der Waals surface area (Å²) < 4.78 is 2.10. The molecule has 0 unspecified atom stereocenters. The Morgan fingerprint density at radius 2 is 2.12 bits per heavy atom.